The summed E-state index contributed by atoms with van der Waals surface area (Å²) in [5.41, 5.74) is 5.63. The fraction of sp³-hybridized carbons (Fsp3) is 0.846. The SMILES string of the molecule is CC(=O)C(C)N(C)C(=O)C1CCC(CN)CC1. The molecule has 0 radical (unpaired) electrons. The van der Waals surface area contributed by atoms with Gasteiger partial charge < -0.3 is 10.6 Å². The van der Waals surface area contributed by atoms with Gasteiger partial charge in [-0.2, -0.15) is 0 Å². The van der Waals surface area contributed by atoms with Gasteiger partial charge in [-0.1, -0.05) is 0 Å². The number of nitrogens with zero attached hydrogens (tertiary/aromatic N) is 1. The lowest BCUT2D eigenvalue weighted by molar-refractivity contribution is -0.141. The summed E-state index contributed by atoms with van der Waals surface area (Å²) in [4.78, 5) is 25.0. The first-order valence-electron chi connectivity index (χ1n) is 6.44. The molecule has 1 atom stereocenters. The second-order valence-electron chi connectivity index (χ2n) is 5.19. The third-order valence-corrected chi connectivity index (χ3v) is 4.05. The van der Waals surface area contributed by atoms with Gasteiger partial charge in [-0.15, -0.1) is 0 Å². The predicted molar refractivity (Wildman–Crippen MR) is 67.4 cm³/mol. The van der Waals surface area contributed by atoms with Gasteiger partial charge in [0.2, 0.25) is 5.91 Å². The Morgan fingerprint density at radius 2 is 1.82 bits per heavy atom. The highest BCUT2D eigenvalue weighted by Crippen LogP contribution is 2.29. The highest BCUT2D eigenvalue weighted by Gasteiger charge is 2.30. The summed E-state index contributed by atoms with van der Waals surface area (Å²) in [6.07, 6.45) is 3.90. The maximum atomic E-state index is 12.2. The summed E-state index contributed by atoms with van der Waals surface area (Å²) in [6, 6.07) is -0.310. The second kappa shape index (κ2) is 6.15. The largest absolute Gasteiger partial charge is 0.336 e. The van der Waals surface area contributed by atoms with Gasteiger partial charge in [0.05, 0.1) is 6.04 Å². The van der Waals surface area contributed by atoms with Crippen LogP contribution in [0.5, 0.6) is 0 Å². The van der Waals surface area contributed by atoms with Crippen LogP contribution in [0.15, 0.2) is 0 Å². The van der Waals surface area contributed by atoms with Crippen molar-refractivity contribution in [3.05, 3.63) is 0 Å². The van der Waals surface area contributed by atoms with Crippen molar-refractivity contribution in [2.75, 3.05) is 13.6 Å². The van der Waals surface area contributed by atoms with Crippen molar-refractivity contribution in [3.63, 3.8) is 0 Å². The lowest BCUT2D eigenvalue weighted by Gasteiger charge is -2.32. The molecular formula is C13H24N2O2. The average Bonchev–Trinajstić information content (AvgIpc) is 2.36. The van der Waals surface area contributed by atoms with E-state index in [1.165, 1.54) is 6.92 Å². The van der Waals surface area contributed by atoms with Gasteiger partial charge in [0, 0.05) is 13.0 Å². The third kappa shape index (κ3) is 3.53. The Balaban J connectivity index is 2.51. The molecule has 0 aromatic carbocycles. The summed E-state index contributed by atoms with van der Waals surface area (Å²) in [6.45, 7) is 4.03. The summed E-state index contributed by atoms with van der Waals surface area (Å²) in [7, 11) is 1.73. The Labute approximate surface area is 104 Å². The van der Waals surface area contributed by atoms with E-state index in [9.17, 15) is 9.59 Å². The van der Waals surface area contributed by atoms with E-state index in [1.807, 2.05) is 0 Å². The van der Waals surface area contributed by atoms with Crippen molar-refractivity contribution in [2.45, 2.75) is 45.6 Å². The Kier molecular flexibility index (Phi) is 5.12. The number of nitrogens with two attached hydrogens (primary N) is 1. The van der Waals surface area contributed by atoms with Crippen LogP contribution in [0.25, 0.3) is 0 Å². The molecule has 0 bridgehead atoms. The number of likely N-dealkylation sites (N-methyl/N-ethyl adjacent to an activating group) is 1. The molecule has 1 amide bonds. The minimum atomic E-state index is -0.310. The Morgan fingerprint density at radius 3 is 2.24 bits per heavy atom. The van der Waals surface area contributed by atoms with E-state index in [0.717, 1.165) is 32.2 Å². The molecule has 0 spiro atoms. The van der Waals surface area contributed by atoms with E-state index in [4.69, 9.17) is 5.73 Å². The Morgan fingerprint density at radius 1 is 1.29 bits per heavy atom. The standard InChI is InChI=1S/C13H24N2O2/c1-9(10(2)16)15(3)13(17)12-6-4-11(8-14)5-7-12/h9,11-12H,4-8,14H2,1-3H3. The summed E-state index contributed by atoms with van der Waals surface area (Å²) in [5, 5.41) is 0. The molecule has 98 valence electrons. The van der Waals surface area contributed by atoms with E-state index in [1.54, 1.807) is 18.9 Å². The van der Waals surface area contributed by atoms with Crippen molar-refractivity contribution in [3.8, 4) is 0 Å². The second-order valence-corrected chi connectivity index (χ2v) is 5.19. The van der Waals surface area contributed by atoms with Gasteiger partial charge in [-0.25, -0.2) is 0 Å². The molecule has 4 heteroatoms. The molecule has 0 aromatic rings. The van der Waals surface area contributed by atoms with Gasteiger partial charge in [-0.05, 0) is 52.0 Å². The zero-order valence-electron chi connectivity index (χ0n) is 11.1. The van der Waals surface area contributed by atoms with Crippen LogP contribution >= 0.6 is 0 Å². The predicted octanol–water partition coefficient (Wildman–Crippen LogP) is 1.19. The van der Waals surface area contributed by atoms with Crippen LogP contribution in [0.3, 0.4) is 0 Å². The van der Waals surface area contributed by atoms with Gasteiger partial charge in [0.15, 0.2) is 5.78 Å². The fourth-order valence-corrected chi connectivity index (χ4v) is 2.40. The van der Waals surface area contributed by atoms with E-state index in [-0.39, 0.29) is 23.7 Å². The van der Waals surface area contributed by atoms with Gasteiger partial charge in [-0.3, -0.25) is 9.59 Å². The van der Waals surface area contributed by atoms with E-state index in [0.29, 0.717) is 5.92 Å². The number of rotatable bonds is 4. The number of hydrogen-bond donors (Lipinski definition) is 1. The van der Waals surface area contributed by atoms with Gasteiger partial charge >= 0.3 is 0 Å². The number of Topliss-reactive ketones (excluding diaryl/α,β-unsaturated/α-hetero) is 1. The molecule has 1 rings (SSSR count). The van der Waals surface area contributed by atoms with Crippen LogP contribution in [-0.2, 0) is 9.59 Å². The first kappa shape index (κ1) is 14.2. The average molecular weight is 240 g/mol. The number of hydrogen-bond acceptors (Lipinski definition) is 3. The highest BCUT2D eigenvalue weighted by atomic mass is 16.2. The number of carbonyl (C=O) groups is 2. The van der Waals surface area contributed by atoms with Crippen LogP contribution in [0.1, 0.15) is 39.5 Å². The smallest absolute Gasteiger partial charge is 0.226 e. The molecule has 0 aliphatic heterocycles. The minimum absolute atomic E-state index is 0.0384. The first-order valence-corrected chi connectivity index (χ1v) is 6.44. The quantitative estimate of drug-likeness (QED) is 0.802. The Bertz CT molecular complexity index is 283. The molecule has 0 aromatic heterocycles. The molecule has 1 unspecified atom stereocenters. The monoisotopic (exact) mass is 240 g/mol. The van der Waals surface area contributed by atoms with Crippen molar-refractivity contribution in [1.82, 2.24) is 4.90 Å². The summed E-state index contributed by atoms with van der Waals surface area (Å²) in [5.74, 6) is 0.818. The third-order valence-electron chi connectivity index (χ3n) is 4.05. The molecule has 2 N–H and O–H groups in total. The molecule has 1 aliphatic carbocycles. The molecule has 0 saturated heterocycles. The van der Waals surface area contributed by atoms with Crippen molar-refractivity contribution < 1.29 is 9.59 Å². The van der Waals surface area contributed by atoms with Gasteiger partial charge in [0.1, 0.15) is 0 Å². The first-order chi connectivity index (χ1) is 7.97. The zero-order chi connectivity index (χ0) is 13.0. The molecular weight excluding hydrogens is 216 g/mol. The van der Waals surface area contributed by atoms with Crippen molar-refractivity contribution in [2.24, 2.45) is 17.6 Å². The zero-order valence-corrected chi connectivity index (χ0v) is 11.1. The topological polar surface area (TPSA) is 63.4 Å². The molecule has 0 heterocycles. The van der Waals surface area contributed by atoms with E-state index < -0.39 is 0 Å². The maximum Gasteiger partial charge on any atom is 0.226 e. The normalized spacial score (nSPS) is 26.4. The lowest BCUT2D eigenvalue weighted by Crippen LogP contribution is -2.43. The van der Waals surface area contributed by atoms with Crippen LogP contribution < -0.4 is 5.73 Å². The van der Waals surface area contributed by atoms with Crippen molar-refractivity contribution >= 4 is 11.7 Å². The lowest BCUT2D eigenvalue weighted by atomic mass is 9.81. The number of amides is 1. The fourth-order valence-electron chi connectivity index (χ4n) is 2.40. The molecule has 17 heavy (non-hydrogen) atoms. The molecule has 1 fully saturated rings. The van der Waals surface area contributed by atoms with Gasteiger partial charge in [0.25, 0.3) is 0 Å². The number of carbonyl (C=O) groups excluding carboxylic acids is 2. The molecule has 1 saturated carbocycles. The van der Waals surface area contributed by atoms with Crippen LogP contribution in [-0.4, -0.2) is 36.2 Å². The summed E-state index contributed by atoms with van der Waals surface area (Å²) >= 11 is 0. The van der Waals surface area contributed by atoms with Crippen molar-refractivity contribution in [1.29, 1.82) is 0 Å². The highest BCUT2D eigenvalue weighted by molar-refractivity contribution is 5.87. The summed E-state index contributed by atoms with van der Waals surface area (Å²) < 4.78 is 0. The van der Waals surface area contributed by atoms with Crippen LogP contribution in [0.2, 0.25) is 0 Å². The number of ketones is 1. The van der Waals surface area contributed by atoms with E-state index in [2.05, 4.69) is 0 Å². The minimum Gasteiger partial charge on any atom is -0.336 e. The Hall–Kier alpha value is -0.900. The van der Waals surface area contributed by atoms with Crippen LogP contribution in [0, 0.1) is 11.8 Å². The van der Waals surface area contributed by atoms with E-state index >= 15 is 0 Å². The maximum absolute atomic E-state index is 12.2. The van der Waals surface area contributed by atoms with Crippen LogP contribution in [0.4, 0.5) is 0 Å². The molecule has 4 nitrogen and oxygen atoms in total. The molecule has 1 aliphatic rings.